The molecule has 1 atom stereocenters. The monoisotopic (exact) mass is 344 g/mol. The summed E-state index contributed by atoms with van der Waals surface area (Å²) in [5, 5.41) is 2.86. The van der Waals surface area contributed by atoms with Crippen molar-refractivity contribution in [2.24, 2.45) is 0 Å². The van der Waals surface area contributed by atoms with Crippen LogP contribution in [-0.2, 0) is 16.0 Å². The van der Waals surface area contributed by atoms with Crippen molar-refractivity contribution in [3.05, 3.63) is 34.1 Å². The summed E-state index contributed by atoms with van der Waals surface area (Å²) in [6.45, 7) is 2.95. The fraction of sp³-hybridized carbons (Fsp3) is 0.500. The van der Waals surface area contributed by atoms with Crippen molar-refractivity contribution in [1.29, 1.82) is 0 Å². The van der Waals surface area contributed by atoms with Crippen molar-refractivity contribution >= 4 is 21.8 Å². The Hall–Kier alpha value is -0.980. The fourth-order valence-electron chi connectivity index (χ4n) is 2.12. The number of ether oxygens (including phenoxy) is 1. The van der Waals surface area contributed by atoms with Crippen LogP contribution in [0.25, 0.3) is 0 Å². The Kier molecular flexibility index (Phi) is 5.51. The van der Waals surface area contributed by atoms with Gasteiger partial charge < -0.3 is 15.0 Å². The number of amides is 1. The summed E-state index contributed by atoms with van der Waals surface area (Å²) < 4.78 is 19.0. The molecule has 1 N–H and O–H groups in total. The molecule has 1 aromatic rings. The van der Waals surface area contributed by atoms with Crippen molar-refractivity contribution in [3.8, 4) is 0 Å². The second-order valence-electron chi connectivity index (χ2n) is 4.98. The number of carbonyl (C=O) groups excluding carboxylic acids is 1. The van der Waals surface area contributed by atoms with Crippen LogP contribution in [0.15, 0.2) is 22.7 Å². The molecule has 6 heteroatoms. The van der Waals surface area contributed by atoms with Crippen LogP contribution < -0.4 is 5.32 Å². The summed E-state index contributed by atoms with van der Waals surface area (Å²) in [7, 11) is 2.04. The molecule has 1 aromatic carbocycles. The molecule has 2 rings (SSSR count). The van der Waals surface area contributed by atoms with Crippen molar-refractivity contribution in [1.82, 2.24) is 10.2 Å². The van der Waals surface area contributed by atoms with Gasteiger partial charge in [-0.05, 0) is 40.7 Å². The van der Waals surface area contributed by atoms with Crippen LogP contribution in [-0.4, -0.2) is 50.2 Å². The molecule has 0 bridgehead atoms. The molecule has 1 saturated heterocycles. The molecule has 0 aromatic heterocycles. The molecule has 110 valence electrons. The van der Waals surface area contributed by atoms with E-state index >= 15 is 0 Å². The second kappa shape index (κ2) is 7.15. The molecule has 0 spiro atoms. The molecule has 1 heterocycles. The summed E-state index contributed by atoms with van der Waals surface area (Å²) >= 11 is 3.11. The third-order valence-electron chi connectivity index (χ3n) is 3.22. The number of nitrogens with one attached hydrogen (secondary N) is 1. The first-order valence-corrected chi connectivity index (χ1v) is 7.34. The lowest BCUT2D eigenvalue weighted by Gasteiger charge is -2.30. The minimum absolute atomic E-state index is 0.0395. The topological polar surface area (TPSA) is 41.6 Å². The molecule has 1 aliphatic rings. The first-order valence-electron chi connectivity index (χ1n) is 6.55. The maximum Gasteiger partial charge on any atom is 0.224 e. The summed E-state index contributed by atoms with van der Waals surface area (Å²) in [5.41, 5.74) is 0.775. The van der Waals surface area contributed by atoms with E-state index in [-0.39, 0.29) is 24.2 Å². The highest BCUT2D eigenvalue weighted by atomic mass is 79.9. The van der Waals surface area contributed by atoms with E-state index in [0.29, 0.717) is 17.6 Å². The molecule has 1 amide bonds. The van der Waals surface area contributed by atoms with Gasteiger partial charge in [0, 0.05) is 19.6 Å². The fourth-order valence-corrected chi connectivity index (χ4v) is 2.54. The minimum atomic E-state index is -0.326. The van der Waals surface area contributed by atoms with Crippen LogP contribution in [0.5, 0.6) is 0 Å². The number of halogens is 2. The molecular weight excluding hydrogens is 327 g/mol. The van der Waals surface area contributed by atoms with Gasteiger partial charge in [-0.15, -0.1) is 0 Å². The summed E-state index contributed by atoms with van der Waals surface area (Å²) in [6, 6.07) is 4.59. The molecule has 0 unspecified atom stereocenters. The van der Waals surface area contributed by atoms with Crippen molar-refractivity contribution in [2.75, 3.05) is 33.3 Å². The average molecular weight is 345 g/mol. The van der Waals surface area contributed by atoms with E-state index in [2.05, 4.69) is 26.1 Å². The number of rotatable bonds is 4. The van der Waals surface area contributed by atoms with Crippen LogP contribution in [0, 0.1) is 5.82 Å². The van der Waals surface area contributed by atoms with Crippen molar-refractivity contribution in [3.63, 3.8) is 0 Å². The van der Waals surface area contributed by atoms with Crippen LogP contribution in [0.2, 0.25) is 0 Å². The third-order valence-corrected chi connectivity index (χ3v) is 3.83. The quantitative estimate of drug-likeness (QED) is 0.901. The number of benzene rings is 1. The van der Waals surface area contributed by atoms with Gasteiger partial charge in [-0.3, -0.25) is 4.79 Å². The Balaban J connectivity index is 1.78. The number of morpholine rings is 1. The third kappa shape index (κ3) is 4.54. The van der Waals surface area contributed by atoms with E-state index < -0.39 is 0 Å². The summed E-state index contributed by atoms with van der Waals surface area (Å²) in [5.74, 6) is -0.409. The number of hydrogen-bond donors (Lipinski definition) is 1. The average Bonchev–Trinajstić information content (AvgIpc) is 2.41. The lowest BCUT2D eigenvalue weighted by Crippen LogP contribution is -2.46. The number of hydrogen-bond acceptors (Lipinski definition) is 3. The zero-order valence-electron chi connectivity index (χ0n) is 11.4. The van der Waals surface area contributed by atoms with Gasteiger partial charge in [0.1, 0.15) is 5.82 Å². The van der Waals surface area contributed by atoms with Gasteiger partial charge in [-0.2, -0.15) is 0 Å². The smallest absolute Gasteiger partial charge is 0.224 e. The van der Waals surface area contributed by atoms with Gasteiger partial charge >= 0.3 is 0 Å². The first kappa shape index (κ1) is 15.4. The molecule has 4 nitrogen and oxygen atoms in total. The normalized spacial score (nSPS) is 19.9. The summed E-state index contributed by atoms with van der Waals surface area (Å²) in [4.78, 5) is 14.0. The maximum absolute atomic E-state index is 13.1. The standard InChI is InChI=1S/C14H18BrFN2O2/c1-18-4-5-20-11(9-18)8-17-14(19)7-10-2-3-13(16)12(15)6-10/h2-3,6,11H,4-5,7-9H2,1H3,(H,17,19)/t11-/m0/s1. The molecule has 0 saturated carbocycles. The Bertz CT molecular complexity index is 484. The lowest BCUT2D eigenvalue weighted by atomic mass is 10.1. The Morgan fingerprint density at radius 3 is 3.10 bits per heavy atom. The molecule has 20 heavy (non-hydrogen) atoms. The van der Waals surface area contributed by atoms with Gasteiger partial charge in [0.2, 0.25) is 5.91 Å². The molecular formula is C14H18BrFN2O2. The highest BCUT2D eigenvalue weighted by Gasteiger charge is 2.18. The zero-order chi connectivity index (χ0) is 14.5. The SMILES string of the molecule is CN1CCO[C@@H](CNC(=O)Cc2ccc(F)c(Br)c2)C1. The van der Waals surface area contributed by atoms with E-state index in [1.54, 1.807) is 12.1 Å². The Labute approximate surface area is 126 Å². The maximum atomic E-state index is 13.1. The first-order chi connectivity index (χ1) is 9.54. The predicted molar refractivity (Wildman–Crippen MR) is 78.1 cm³/mol. The van der Waals surface area contributed by atoms with E-state index in [1.165, 1.54) is 6.07 Å². The van der Waals surface area contributed by atoms with Gasteiger partial charge in [0.25, 0.3) is 0 Å². The molecule has 1 fully saturated rings. The van der Waals surface area contributed by atoms with Gasteiger partial charge in [-0.1, -0.05) is 6.07 Å². The van der Waals surface area contributed by atoms with Gasteiger partial charge in [0.05, 0.1) is 23.6 Å². The molecule has 0 aliphatic carbocycles. The van der Waals surface area contributed by atoms with Crippen LogP contribution in [0.1, 0.15) is 5.56 Å². The predicted octanol–water partition coefficient (Wildman–Crippen LogP) is 1.58. The van der Waals surface area contributed by atoms with Gasteiger partial charge in [0.15, 0.2) is 0 Å². The largest absolute Gasteiger partial charge is 0.374 e. The van der Waals surface area contributed by atoms with Crippen molar-refractivity contribution in [2.45, 2.75) is 12.5 Å². The number of likely N-dealkylation sites (N-methyl/N-ethyl adjacent to an activating group) is 1. The van der Waals surface area contributed by atoms with E-state index in [9.17, 15) is 9.18 Å². The Morgan fingerprint density at radius 1 is 1.60 bits per heavy atom. The van der Waals surface area contributed by atoms with Crippen molar-refractivity contribution < 1.29 is 13.9 Å². The number of nitrogens with zero attached hydrogens (tertiary/aromatic N) is 1. The summed E-state index contributed by atoms with van der Waals surface area (Å²) in [6.07, 6.45) is 0.277. The number of carbonyl (C=O) groups is 1. The highest BCUT2D eigenvalue weighted by Crippen LogP contribution is 2.17. The van der Waals surface area contributed by atoms with E-state index in [1.807, 2.05) is 7.05 Å². The molecule has 1 aliphatic heterocycles. The van der Waals surface area contributed by atoms with Gasteiger partial charge in [-0.25, -0.2) is 4.39 Å². The Morgan fingerprint density at radius 2 is 2.40 bits per heavy atom. The van der Waals surface area contributed by atoms with E-state index in [4.69, 9.17) is 4.74 Å². The minimum Gasteiger partial charge on any atom is -0.374 e. The lowest BCUT2D eigenvalue weighted by molar-refractivity contribution is -0.121. The molecule has 0 radical (unpaired) electrons. The van der Waals surface area contributed by atoms with Crippen LogP contribution in [0.4, 0.5) is 4.39 Å². The van der Waals surface area contributed by atoms with E-state index in [0.717, 1.165) is 18.7 Å². The highest BCUT2D eigenvalue weighted by molar-refractivity contribution is 9.10. The second-order valence-corrected chi connectivity index (χ2v) is 5.84. The van der Waals surface area contributed by atoms with Crippen LogP contribution >= 0.6 is 15.9 Å². The zero-order valence-corrected chi connectivity index (χ0v) is 13.0. The van der Waals surface area contributed by atoms with Crippen LogP contribution in [0.3, 0.4) is 0 Å².